The Morgan fingerprint density at radius 2 is 2.35 bits per heavy atom. The lowest BCUT2D eigenvalue weighted by molar-refractivity contribution is 0.573. The quantitative estimate of drug-likeness (QED) is 0.772. The lowest BCUT2D eigenvalue weighted by Gasteiger charge is -2.11. The van der Waals surface area contributed by atoms with Gasteiger partial charge in [-0.3, -0.25) is 0 Å². The molecule has 0 saturated carbocycles. The van der Waals surface area contributed by atoms with Crippen LogP contribution in [0.2, 0.25) is 0 Å². The van der Waals surface area contributed by atoms with Crippen molar-refractivity contribution in [1.29, 1.82) is 5.26 Å². The zero-order valence-electron chi connectivity index (χ0n) is 9.72. The van der Waals surface area contributed by atoms with E-state index in [1.165, 1.54) is 0 Å². The van der Waals surface area contributed by atoms with Crippen LogP contribution in [0.3, 0.4) is 0 Å². The Kier molecular flexibility index (Phi) is 5.62. The van der Waals surface area contributed by atoms with Crippen molar-refractivity contribution in [3.63, 3.8) is 0 Å². The second-order valence-corrected chi connectivity index (χ2v) is 6.59. The van der Waals surface area contributed by atoms with Gasteiger partial charge in [-0.05, 0) is 34.7 Å². The molecule has 4 nitrogen and oxygen atoms in total. The predicted octanol–water partition coefficient (Wildman–Crippen LogP) is 2.07. The van der Waals surface area contributed by atoms with Crippen LogP contribution < -0.4 is 4.72 Å². The molecule has 0 bridgehead atoms. The molecule has 0 aliphatic carbocycles. The molecule has 1 N–H and O–H groups in total. The van der Waals surface area contributed by atoms with Crippen molar-refractivity contribution in [2.45, 2.75) is 25.7 Å². The first-order valence-corrected chi connectivity index (χ1v) is 8.01. The minimum atomic E-state index is -3.24. The maximum Gasteiger partial charge on any atom is 0.211 e. The average Bonchev–Trinajstić information content (AvgIpc) is 2.80. The first-order valence-electron chi connectivity index (χ1n) is 5.41. The van der Waals surface area contributed by atoms with Crippen molar-refractivity contribution >= 4 is 21.4 Å². The first kappa shape index (κ1) is 14.2. The number of nitrogens with zero attached hydrogens (tertiary/aromatic N) is 1. The Hall–Kier alpha value is -0.900. The van der Waals surface area contributed by atoms with Crippen molar-refractivity contribution in [3.05, 3.63) is 22.4 Å². The van der Waals surface area contributed by atoms with Gasteiger partial charge in [-0.2, -0.15) is 16.6 Å². The van der Waals surface area contributed by atoms with Gasteiger partial charge in [-0.25, -0.2) is 13.1 Å². The molecule has 0 amide bonds. The summed E-state index contributed by atoms with van der Waals surface area (Å²) < 4.78 is 25.7. The molecule has 0 aliphatic rings. The second kappa shape index (κ2) is 6.74. The van der Waals surface area contributed by atoms with E-state index in [4.69, 9.17) is 5.26 Å². The van der Waals surface area contributed by atoms with Crippen LogP contribution >= 0.6 is 11.3 Å². The number of rotatable bonds is 7. The van der Waals surface area contributed by atoms with Crippen molar-refractivity contribution in [2.75, 3.05) is 12.3 Å². The summed E-state index contributed by atoms with van der Waals surface area (Å²) in [5.41, 5.74) is 1.15. The molecule has 0 fully saturated rings. The third kappa shape index (κ3) is 5.31. The average molecular weight is 272 g/mol. The van der Waals surface area contributed by atoms with E-state index in [-0.39, 0.29) is 18.1 Å². The van der Waals surface area contributed by atoms with Crippen LogP contribution in [0.15, 0.2) is 16.8 Å². The van der Waals surface area contributed by atoms with E-state index in [1.54, 1.807) is 11.3 Å². The highest BCUT2D eigenvalue weighted by atomic mass is 32.2. The number of hydrogen-bond acceptors (Lipinski definition) is 4. The van der Waals surface area contributed by atoms with E-state index in [0.29, 0.717) is 13.0 Å². The van der Waals surface area contributed by atoms with E-state index in [2.05, 4.69) is 4.72 Å². The monoisotopic (exact) mass is 272 g/mol. The molecule has 0 unspecified atom stereocenters. The van der Waals surface area contributed by atoms with Gasteiger partial charge in [0.25, 0.3) is 0 Å². The van der Waals surface area contributed by atoms with E-state index in [9.17, 15) is 8.42 Å². The lowest BCUT2D eigenvalue weighted by Crippen LogP contribution is -2.29. The highest BCUT2D eigenvalue weighted by Crippen LogP contribution is 2.17. The van der Waals surface area contributed by atoms with E-state index in [0.717, 1.165) is 5.56 Å². The minimum absolute atomic E-state index is 0.0247. The molecule has 6 heteroatoms. The summed E-state index contributed by atoms with van der Waals surface area (Å²) in [6, 6.07) is 3.94. The Labute approximate surface area is 106 Å². The normalized spacial score (nSPS) is 13.2. The highest BCUT2D eigenvalue weighted by molar-refractivity contribution is 7.89. The van der Waals surface area contributed by atoms with Crippen molar-refractivity contribution in [3.8, 4) is 6.07 Å². The van der Waals surface area contributed by atoms with Crippen LogP contribution in [0, 0.1) is 11.3 Å². The third-order valence-corrected chi connectivity index (χ3v) is 4.56. The van der Waals surface area contributed by atoms with E-state index >= 15 is 0 Å². The summed E-state index contributed by atoms with van der Waals surface area (Å²) in [6.07, 6.45) is 0.666. The zero-order chi connectivity index (χ0) is 12.7. The van der Waals surface area contributed by atoms with Gasteiger partial charge in [0.15, 0.2) is 0 Å². The molecule has 1 aromatic rings. The molecular weight excluding hydrogens is 256 g/mol. The van der Waals surface area contributed by atoms with Gasteiger partial charge in [0.2, 0.25) is 10.0 Å². The Bertz CT molecular complexity index is 460. The summed E-state index contributed by atoms with van der Waals surface area (Å²) >= 11 is 1.60. The van der Waals surface area contributed by atoms with E-state index < -0.39 is 10.0 Å². The van der Waals surface area contributed by atoms with Crippen molar-refractivity contribution in [1.82, 2.24) is 4.72 Å². The highest BCUT2D eigenvalue weighted by Gasteiger charge is 2.12. The number of unbranched alkanes of at least 4 members (excludes halogenated alkanes) is 1. The molecule has 1 heterocycles. The minimum Gasteiger partial charge on any atom is -0.215 e. The van der Waals surface area contributed by atoms with Gasteiger partial charge < -0.3 is 0 Å². The fourth-order valence-electron chi connectivity index (χ4n) is 1.34. The summed E-state index contributed by atoms with van der Waals surface area (Å²) in [4.78, 5) is 0. The van der Waals surface area contributed by atoms with E-state index in [1.807, 2.05) is 29.8 Å². The number of hydrogen-bond donors (Lipinski definition) is 1. The SMILES string of the molecule is C[C@@H](CNS(=O)(=O)CCCC#N)c1ccsc1. The standard InChI is InChI=1S/C11H16N2O2S2/c1-10(11-4-6-16-9-11)8-13-17(14,15)7-3-2-5-12/h4,6,9-10,13H,2-3,7-8H2,1H3/t10-/m0/s1. The summed E-state index contributed by atoms with van der Waals surface area (Å²) in [6.45, 7) is 2.39. The van der Waals surface area contributed by atoms with Crippen molar-refractivity contribution in [2.24, 2.45) is 0 Å². The number of sulfonamides is 1. The van der Waals surface area contributed by atoms with Crippen LogP contribution in [-0.4, -0.2) is 20.7 Å². The van der Waals surface area contributed by atoms with Crippen LogP contribution in [0.5, 0.6) is 0 Å². The maximum atomic E-state index is 11.6. The zero-order valence-corrected chi connectivity index (χ0v) is 11.4. The second-order valence-electron chi connectivity index (χ2n) is 3.89. The summed E-state index contributed by atoms with van der Waals surface area (Å²) in [7, 11) is -3.24. The first-order chi connectivity index (χ1) is 8.05. The maximum absolute atomic E-state index is 11.6. The predicted molar refractivity (Wildman–Crippen MR) is 69.4 cm³/mol. The number of thiophene rings is 1. The topological polar surface area (TPSA) is 70.0 Å². The molecule has 0 aromatic carbocycles. The fraction of sp³-hybridized carbons (Fsp3) is 0.545. The largest absolute Gasteiger partial charge is 0.215 e. The molecule has 1 rings (SSSR count). The van der Waals surface area contributed by atoms with Crippen molar-refractivity contribution < 1.29 is 8.42 Å². The molecule has 0 aliphatic heterocycles. The summed E-state index contributed by atoms with van der Waals surface area (Å²) in [5, 5.41) is 12.3. The molecule has 0 spiro atoms. The van der Waals surface area contributed by atoms with Crippen LogP contribution in [0.25, 0.3) is 0 Å². The van der Waals surface area contributed by atoms with Crippen LogP contribution in [0.1, 0.15) is 31.2 Å². The van der Waals surface area contributed by atoms with Gasteiger partial charge in [0.1, 0.15) is 0 Å². The Morgan fingerprint density at radius 3 is 2.94 bits per heavy atom. The smallest absolute Gasteiger partial charge is 0.211 e. The Balaban J connectivity index is 2.37. The number of nitriles is 1. The lowest BCUT2D eigenvalue weighted by atomic mass is 10.1. The molecule has 1 aromatic heterocycles. The number of nitrogens with one attached hydrogen (secondary N) is 1. The van der Waals surface area contributed by atoms with Crippen LogP contribution in [0.4, 0.5) is 0 Å². The molecule has 17 heavy (non-hydrogen) atoms. The fourth-order valence-corrected chi connectivity index (χ4v) is 3.29. The summed E-state index contributed by atoms with van der Waals surface area (Å²) in [5.74, 6) is 0.198. The Morgan fingerprint density at radius 1 is 1.59 bits per heavy atom. The van der Waals surface area contributed by atoms with Gasteiger partial charge in [0.05, 0.1) is 11.8 Å². The molecule has 0 saturated heterocycles. The van der Waals surface area contributed by atoms with Gasteiger partial charge in [-0.15, -0.1) is 0 Å². The van der Waals surface area contributed by atoms with Gasteiger partial charge >= 0.3 is 0 Å². The van der Waals surface area contributed by atoms with Gasteiger partial charge in [-0.1, -0.05) is 6.92 Å². The molecule has 1 atom stereocenters. The van der Waals surface area contributed by atoms with Gasteiger partial charge in [0, 0.05) is 13.0 Å². The molecular formula is C11H16N2O2S2. The van der Waals surface area contributed by atoms with Crippen LogP contribution in [-0.2, 0) is 10.0 Å². The molecule has 0 radical (unpaired) electrons. The third-order valence-electron chi connectivity index (χ3n) is 2.42. The molecule has 94 valence electrons.